The number of hydrogen-bond donors (Lipinski definition) is 1. The summed E-state index contributed by atoms with van der Waals surface area (Å²) in [6.07, 6.45) is 5.30. The maximum absolute atomic E-state index is 13.3. The zero-order chi connectivity index (χ0) is 18.8. The first kappa shape index (κ1) is 17.8. The molecule has 1 aliphatic rings. The monoisotopic (exact) mass is 373 g/mol. The van der Waals surface area contributed by atoms with Crippen LogP contribution in [0.4, 0.5) is 8.78 Å². The minimum atomic E-state index is -0.806. The first-order chi connectivity index (χ1) is 13.1. The molecule has 0 saturated carbocycles. The Kier molecular flexibility index (Phi) is 4.98. The lowest BCUT2D eigenvalue weighted by Gasteiger charge is -2.32. The Morgan fingerprint density at radius 1 is 1.22 bits per heavy atom. The second-order valence-electron chi connectivity index (χ2n) is 7.14. The highest BCUT2D eigenvalue weighted by Crippen LogP contribution is 2.23. The van der Waals surface area contributed by atoms with E-state index < -0.39 is 11.6 Å². The number of piperidine rings is 1. The summed E-state index contributed by atoms with van der Waals surface area (Å²) in [7, 11) is 0. The maximum atomic E-state index is 13.3. The number of nitrogens with one attached hydrogen (secondary N) is 1. The summed E-state index contributed by atoms with van der Waals surface area (Å²) >= 11 is 0. The highest BCUT2D eigenvalue weighted by Gasteiger charge is 2.21. The van der Waals surface area contributed by atoms with Crippen LogP contribution in [0.2, 0.25) is 0 Å². The van der Waals surface area contributed by atoms with Gasteiger partial charge in [0.25, 0.3) is 11.3 Å². The standard InChI is InChI=1S/C19H21F2N5O/c20-16-6-5-13(8-17(16)21)3-4-14-2-1-7-25(10-14)11-15-9-18(27)26-19(24-15)22-12-23-26/h5-6,8-9,12,14H,1-4,7,10-11H2,(H,22,23,24)/t14-/m0/s1. The van der Waals surface area contributed by atoms with Gasteiger partial charge in [-0.1, -0.05) is 6.07 Å². The van der Waals surface area contributed by atoms with Gasteiger partial charge in [-0.3, -0.25) is 14.8 Å². The number of aryl methyl sites for hydroxylation is 1. The van der Waals surface area contributed by atoms with Gasteiger partial charge in [-0.15, -0.1) is 0 Å². The minimum Gasteiger partial charge on any atom is -0.297 e. The molecule has 1 aromatic carbocycles. The van der Waals surface area contributed by atoms with Gasteiger partial charge in [-0.2, -0.15) is 4.52 Å². The third kappa shape index (κ3) is 4.05. The van der Waals surface area contributed by atoms with Crippen LogP contribution in [0.3, 0.4) is 0 Å². The molecular weight excluding hydrogens is 352 g/mol. The molecule has 8 heteroatoms. The molecule has 1 saturated heterocycles. The number of aromatic nitrogens is 4. The van der Waals surface area contributed by atoms with E-state index in [0.717, 1.165) is 44.3 Å². The molecule has 0 bridgehead atoms. The molecule has 1 aliphatic heterocycles. The molecule has 0 radical (unpaired) electrons. The van der Waals surface area contributed by atoms with E-state index in [4.69, 9.17) is 0 Å². The number of benzene rings is 1. The molecule has 6 nitrogen and oxygen atoms in total. The predicted molar refractivity (Wildman–Crippen MR) is 96.3 cm³/mol. The van der Waals surface area contributed by atoms with Crippen molar-refractivity contribution in [3.63, 3.8) is 0 Å². The number of H-pyrrole nitrogens is 1. The van der Waals surface area contributed by atoms with Crippen LogP contribution in [0.25, 0.3) is 5.78 Å². The smallest absolute Gasteiger partial charge is 0.274 e. The van der Waals surface area contributed by atoms with Crippen molar-refractivity contribution in [1.29, 1.82) is 0 Å². The molecule has 1 fully saturated rings. The molecule has 142 valence electrons. The summed E-state index contributed by atoms with van der Waals surface area (Å²) in [4.78, 5) is 22.8. The Morgan fingerprint density at radius 2 is 2.11 bits per heavy atom. The summed E-state index contributed by atoms with van der Waals surface area (Å²) in [6.45, 7) is 2.48. The lowest BCUT2D eigenvalue weighted by molar-refractivity contribution is 0.160. The van der Waals surface area contributed by atoms with E-state index in [1.807, 2.05) is 0 Å². The predicted octanol–water partition coefficient (Wildman–Crippen LogP) is 2.54. The number of nitrogens with zero attached hydrogens (tertiary/aromatic N) is 4. The maximum Gasteiger partial charge on any atom is 0.274 e. The second kappa shape index (κ2) is 7.56. The van der Waals surface area contributed by atoms with Gasteiger partial charge >= 0.3 is 0 Å². The van der Waals surface area contributed by atoms with Crippen molar-refractivity contribution in [2.24, 2.45) is 5.92 Å². The summed E-state index contributed by atoms with van der Waals surface area (Å²) in [5, 5.41) is 2.73. The number of aromatic amines is 1. The quantitative estimate of drug-likeness (QED) is 0.746. The van der Waals surface area contributed by atoms with Crippen LogP contribution in [0, 0.1) is 17.6 Å². The van der Waals surface area contributed by atoms with E-state index in [1.54, 1.807) is 6.07 Å². The Balaban J connectivity index is 1.37. The van der Waals surface area contributed by atoms with Crippen LogP contribution in [0.5, 0.6) is 0 Å². The first-order valence-corrected chi connectivity index (χ1v) is 9.17. The summed E-state index contributed by atoms with van der Waals surface area (Å²) in [6, 6.07) is 5.66. The molecule has 0 amide bonds. The van der Waals surface area contributed by atoms with Gasteiger partial charge in [-0.05, 0) is 55.8 Å². The molecule has 0 unspecified atom stereocenters. The molecule has 0 aliphatic carbocycles. The van der Waals surface area contributed by atoms with Gasteiger partial charge in [0.15, 0.2) is 11.6 Å². The largest absolute Gasteiger partial charge is 0.297 e. The van der Waals surface area contributed by atoms with Crippen molar-refractivity contribution in [2.45, 2.75) is 32.2 Å². The minimum absolute atomic E-state index is 0.167. The Bertz CT molecular complexity index is 999. The first-order valence-electron chi connectivity index (χ1n) is 9.17. The van der Waals surface area contributed by atoms with Crippen LogP contribution < -0.4 is 5.56 Å². The number of hydrogen-bond acceptors (Lipinski definition) is 4. The van der Waals surface area contributed by atoms with Crippen molar-refractivity contribution in [3.05, 3.63) is 63.8 Å². The topological polar surface area (TPSA) is 66.3 Å². The van der Waals surface area contributed by atoms with Crippen molar-refractivity contribution in [3.8, 4) is 0 Å². The van der Waals surface area contributed by atoms with Gasteiger partial charge in [-0.25, -0.2) is 18.7 Å². The highest BCUT2D eigenvalue weighted by molar-refractivity contribution is 5.26. The number of likely N-dealkylation sites (tertiary alicyclic amines) is 1. The Morgan fingerprint density at radius 3 is 2.96 bits per heavy atom. The SMILES string of the molecule is O=c1cc(CN2CCC[C@@H](CCc3ccc(F)c(F)c3)C2)nc2nc[nH]n12. The van der Waals surface area contributed by atoms with E-state index >= 15 is 0 Å². The van der Waals surface area contributed by atoms with Crippen LogP contribution in [-0.4, -0.2) is 37.6 Å². The lowest BCUT2D eigenvalue weighted by atomic mass is 9.91. The highest BCUT2D eigenvalue weighted by atomic mass is 19.2. The van der Waals surface area contributed by atoms with Crippen molar-refractivity contribution in [1.82, 2.24) is 24.5 Å². The molecular formula is C19H21F2N5O. The zero-order valence-electron chi connectivity index (χ0n) is 14.9. The molecule has 3 heterocycles. The molecule has 3 aromatic rings. The van der Waals surface area contributed by atoms with Gasteiger partial charge in [0.05, 0.1) is 5.69 Å². The molecule has 4 rings (SSSR count). The fraction of sp³-hybridized carbons (Fsp3) is 0.421. The fourth-order valence-electron chi connectivity index (χ4n) is 3.78. The second-order valence-corrected chi connectivity index (χ2v) is 7.14. The normalized spacial score (nSPS) is 18.2. The summed E-state index contributed by atoms with van der Waals surface area (Å²) in [5.41, 5.74) is 1.37. The number of fused-ring (bicyclic) bond motifs is 1. The van der Waals surface area contributed by atoms with Crippen LogP contribution >= 0.6 is 0 Å². The molecule has 1 N–H and O–H groups in total. The van der Waals surface area contributed by atoms with E-state index in [-0.39, 0.29) is 5.56 Å². The van der Waals surface area contributed by atoms with Crippen LogP contribution in [-0.2, 0) is 13.0 Å². The van der Waals surface area contributed by atoms with E-state index in [1.165, 1.54) is 29.0 Å². The summed E-state index contributed by atoms with van der Waals surface area (Å²) in [5.74, 6) is -0.727. The van der Waals surface area contributed by atoms with E-state index in [0.29, 0.717) is 23.9 Å². The van der Waals surface area contributed by atoms with Crippen LogP contribution in [0.15, 0.2) is 35.4 Å². The molecule has 27 heavy (non-hydrogen) atoms. The third-order valence-electron chi connectivity index (χ3n) is 5.13. The lowest BCUT2D eigenvalue weighted by Crippen LogP contribution is -2.35. The van der Waals surface area contributed by atoms with Crippen LogP contribution in [0.1, 0.15) is 30.5 Å². The molecule has 1 atom stereocenters. The number of rotatable bonds is 5. The van der Waals surface area contributed by atoms with Gasteiger partial charge in [0, 0.05) is 19.2 Å². The fourth-order valence-corrected chi connectivity index (χ4v) is 3.78. The van der Waals surface area contributed by atoms with Crippen molar-refractivity contribution in [2.75, 3.05) is 13.1 Å². The number of halogens is 2. The Hall–Kier alpha value is -2.61. The van der Waals surface area contributed by atoms with Crippen molar-refractivity contribution < 1.29 is 8.78 Å². The average Bonchev–Trinajstić information content (AvgIpc) is 3.12. The van der Waals surface area contributed by atoms with E-state index in [9.17, 15) is 13.6 Å². The van der Waals surface area contributed by atoms with Crippen molar-refractivity contribution >= 4 is 5.78 Å². The Labute approximate surface area is 154 Å². The van der Waals surface area contributed by atoms with Gasteiger partial charge < -0.3 is 0 Å². The van der Waals surface area contributed by atoms with Gasteiger partial charge in [0.2, 0.25) is 0 Å². The third-order valence-corrected chi connectivity index (χ3v) is 5.13. The van der Waals surface area contributed by atoms with E-state index in [2.05, 4.69) is 20.0 Å². The zero-order valence-corrected chi connectivity index (χ0v) is 14.9. The van der Waals surface area contributed by atoms with Gasteiger partial charge in [0.1, 0.15) is 6.33 Å². The summed E-state index contributed by atoms with van der Waals surface area (Å²) < 4.78 is 27.7. The molecule has 0 spiro atoms. The average molecular weight is 373 g/mol. The molecule has 2 aromatic heterocycles.